The monoisotopic (exact) mass is 181 g/mol. The molecule has 13 heavy (non-hydrogen) atoms. The summed E-state index contributed by atoms with van der Waals surface area (Å²) >= 11 is 0. The smallest absolute Gasteiger partial charge is 0.220 e. The number of carbonyl (C=O) groups is 1. The van der Waals surface area contributed by atoms with Crippen LogP contribution < -0.4 is 5.32 Å². The van der Waals surface area contributed by atoms with Crippen LogP contribution in [0.5, 0.6) is 0 Å². The first kappa shape index (κ1) is 12.0. The van der Waals surface area contributed by atoms with Gasteiger partial charge >= 0.3 is 0 Å². The van der Waals surface area contributed by atoms with Crippen LogP contribution in [0.4, 0.5) is 0 Å². The van der Waals surface area contributed by atoms with Gasteiger partial charge in [-0.1, -0.05) is 13.3 Å². The molecule has 0 saturated carbocycles. The van der Waals surface area contributed by atoms with Gasteiger partial charge in [0.15, 0.2) is 0 Å². The van der Waals surface area contributed by atoms with E-state index < -0.39 is 0 Å². The number of unbranched alkanes of at least 4 members (excludes halogenated alkanes) is 2. The van der Waals surface area contributed by atoms with Crippen LogP contribution in [0, 0.1) is 11.8 Å². The third kappa shape index (κ3) is 8.94. The highest BCUT2D eigenvalue weighted by Crippen LogP contribution is 1.93. The van der Waals surface area contributed by atoms with Crippen LogP contribution in [-0.2, 0) is 4.79 Å². The maximum Gasteiger partial charge on any atom is 0.220 e. The first-order chi connectivity index (χ1) is 6.31. The van der Waals surface area contributed by atoms with E-state index in [0.29, 0.717) is 6.42 Å². The highest BCUT2D eigenvalue weighted by atomic mass is 16.1. The lowest BCUT2D eigenvalue weighted by atomic mass is 10.2. The van der Waals surface area contributed by atoms with Crippen molar-refractivity contribution in [2.45, 2.75) is 46.0 Å². The van der Waals surface area contributed by atoms with Gasteiger partial charge in [-0.3, -0.25) is 4.79 Å². The Bertz CT molecular complexity index is 188. The van der Waals surface area contributed by atoms with Gasteiger partial charge in [-0.15, -0.1) is 11.8 Å². The molecule has 0 fully saturated rings. The van der Waals surface area contributed by atoms with Crippen molar-refractivity contribution >= 4 is 5.91 Å². The molecule has 1 amide bonds. The number of carbonyl (C=O) groups excluding carboxylic acids is 1. The molecule has 0 aromatic carbocycles. The van der Waals surface area contributed by atoms with Gasteiger partial charge in [0, 0.05) is 19.4 Å². The molecule has 0 rings (SSSR count). The van der Waals surface area contributed by atoms with Crippen LogP contribution in [-0.4, -0.2) is 12.5 Å². The van der Waals surface area contributed by atoms with Gasteiger partial charge in [0.05, 0.1) is 0 Å². The summed E-state index contributed by atoms with van der Waals surface area (Å²) in [6, 6.07) is 0. The molecule has 1 N–H and O–H groups in total. The maximum absolute atomic E-state index is 11.1. The molecule has 0 heterocycles. The summed E-state index contributed by atoms with van der Waals surface area (Å²) in [4.78, 5) is 11.1. The Hall–Kier alpha value is -0.970. The van der Waals surface area contributed by atoms with Gasteiger partial charge in [-0.05, 0) is 19.8 Å². The van der Waals surface area contributed by atoms with E-state index >= 15 is 0 Å². The van der Waals surface area contributed by atoms with Gasteiger partial charge in [-0.25, -0.2) is 0 Å². The highest BCUT2D eigenvalue weighted by molar-refractivity contribution is 5.75. The fraction of sp³-hybridized carbons (Fsp3) is 0.727. The minimum Gasteiger partial charge on any atom is -0.356 e. The predicted octanol–water partition coefficient (Wildman–Crippen LogP) is 2.10. The normalized spacial score (nSPS) is 8.77. The molecule has 0 aliphatic heterocycles. The molecule has 0 spiro atoms. The second-order valence-electron chi connectivity index (χ2n) is 2.98. The topological polar surface area (TPSA) is 29.1 Å². The van der Waals surface area contributed by atoms with Gasteiger partial charge in [0.2, 0.25) is 5.91 Å². The molecular formula is C11H19NO. The molecule has 0 atom stereocenters. The summed E-state index contributed by atoms with van der Waals surface area (Å²) in [7, 11) is 0. The molecule has 2 nitrogen and oxygen atoms in total. The van der Waals surface area contributed by atoms with E-state index in [2.05, 4.69) is 24.1 Å². The van der Waals surface area contributed by atoms with Crippen molar-refractivity contribution in [1.82, 2.24) is 5.32 Å². The van der Waals surface area contributed by atoms with Crippen molar-refractivity contribution in [3.8, 4) is 11.8 Å². The second-order valence-corrected chi connectivity index (χ2v) is 2.98. The maximum atomic E-state index is 11.1. The van der Waals surface area contributed by atoms with Crippen LogP contribution in [0.25, 0.3) is 0 Å². The molecule has 2 heteroatoms. The van der Waals surface area contributed by atoms with Crippen molar-refractivity contribution < 1.29 is 4.79 Å². The molecule has 0 bridgehead atoms. The molecule has 0 unspecified atom stereocenters. The Morgan fingerprint density at radius 2 is 2.15 bits per heavy atom. The Kier molecular flexibility index (Phi) is 8.44. The SMILES string of the molecule is CC#CCCCC(=O)NCCCC. The van der Waals surface area contributed by atoms with Crippen LogP contribution in [0.1, 0.15) is 46.0 Å². The van der Waals surface area contributed by atoms with Gasteiger partial charge in [-0.2, -0.15) is 0 Å². The quantitative estimate of drug-likeness (QED) is 0.493. The molecule has 0 aliphatic rings. The third-order valence-corrected chi connectivity index (χ3v) is 1.73. The highest BCUT2D eigenvalue weighted by Gasteiger charge is 1.97. The number of amides is 1. The van der Waals surface area contributed by atoms with E-state index in [-0.39, 0.29) is 5.91 Å². The van der Waals surface area contributed by atoms with E-state index in [4.69, 9.17) is 0 Å². The zero-order valence-corrected chi connectivity index (χ0v) is 8.65. The van der Waals surface area contributed by atoms with Gasteiger partial charge in [0.25, 0.3) is 0 Å². The van der Waals surface area contributed by atoms with E-state index in [1.54, 1.807) is 0 Å². The molecule has 0 aromatic rings. The van der Waals surface area contributed by atoms with E-state index in [1.807, 2.05) is 6.92 Å². The zero-order valence-electron chi connectivity index (χ0n) is 8.65. The van der Waals surface area contributed by atoms with Crippen LogP contribution >= 0.6 is 0 Å². The van der Waals surface area contributed by atoms with Crippen LogP contribution in [0.15, 0.2) is 0 Å². The molecule has 0 aromatic heterocycles. The summed E-state index contributed by atoms with van der Waals surface area (Å²) in [6.07, 6.45) is 4.51. The average molecular weight is 181 g/mol. The Labute approximate surface area is 81.1 Å². The summed E-state index contributed by atoms with van der Waals surface area (Å²) in [6.45, 7) is 4.75. The van der Waals surface area contributed by atoms with Crippen molar-refractivity contribution in [1.29, 1.82) is 0 Å². The van der Waals surface area contributed by atoms with Crippen molar-refractivity contribution in [2.75, 3.05) is 6.54 Å². The van der Waals surface area contributed by atoms with Gasteiger partial charge in [0.1, 0.15) is 0 Å². The molecular weight excluding hydrogens is 162 g/mol. The second kappa shape index (κ2) is 9.12. The van der Waals surface area contributed by atoms with E-state index in [0.717, 1.165) is 32.2 Å². The predicted molar refractivity (Wildman–Crippen MR) is 55.2 cm³/mol. The van der Waals surface area contributed by atoms with Crippen LogP contribution in [0.3, 0.4) is 0 Å². The van der Waals surface area contributed by atoms with Gasteiger partial charge < -0.3 is 5.32 Å². The zero-order chi connectivity index (χ0) is 9.94. The summed E-state index contributed by atoms with van der Waals surface area (Å²) in [5.74, 6) is 5.91. The van der Waals surface area contributed by atoms with Crippen molar-refractivity contribution in [3.63, 3.8) is 0 Å². The number of hydrogen-bond donors (Lipinski definition) is 1. The van der Waals surface area contributed by atoms with E-state index in [9.17, 15) is 4.79 Å². The van der Waals surface area contributed by atoms with Crippen molar-refractivity contribution in [3.05, 3.63) is 0 Å². The largest absolute Gasteiger partial charge is 0.356 e. The first-order valence-electron chi connectivity index (χ1n) is 4.97. The average Bonchev–Trinajstić information content (AvgIpc) is 2.13. The van der Waals surface area contributed by atoms with Crippen LogP contribution in [0.2, 0.25) is 0 Å². The number of rotatable bonds is 6. The lowest BCUT2D eigenvalue weighted by Crippen LogP contribution is -2.23. The summed E-state index contributed by atoms with van der Waals surface area (Å²) in [5.41, 5.74) is 0. The molecule has 0 aliphatic carbocycles. The minimum absolute atomic E-state index is 0.159. The third-order valence-electron chi connectivity index (χ3n) is 1.73. The Morgan fingerprint density at radius 1 is 1.38 bits per heavy atom. The lowest BCUT2D eigenvalue weighted by molar-refractivity contribution is -0.121. The fourth-order valence-corrected chi connectivity index (χ4v) is 0.955. The fourth-order valence-electron chi connectivity index (χ4n) is 0.955. The summed E-state index contributed by atoms with van der Waals surface area (Å²) in [5, 5.41) is 2.87. The molecule has 0 saturated heterocycles. The first-order valence-corrected chi connectivity index (χ1v) is 4.97. The Balaban J connectivity index is 3.23. The van der Waals surface area contributed by atoms with E-state index in [1.165, 1.54) is 0 Å². The molecule has 0 radical (unpaired) electrons. The number of nitrogens with one attached hydrogen (secondary N) is 1. The lowest BCUT2D eigenvalue weighted by Gasteiger charge is -2.01. The summed E-state index contributed by atoms with van der Waals surface area (Å²) < 4.78 is 0. The molecule has 74 valence electrons. The Morgan fingerprint density at radius 3 is 2.77 bits per heavy atom. The van der Waals surface area contributed by atoms with Crippen molar-refractivity contribution in [2.24, 2.45) is 0 Å². The minimum atomic E-state index is 0.159. The standard InChI is InChI=1S/C11H19NO/c1-3-5-7-8-9-11(13)12-10-6-4-2/h4,6-10H2,1-2H3,(H,12,13). The number of hydrogen-bond acceptors (Lipinski definition) is 1.